The van der Waals surface area contributed by atoms with Crippen LogP contribution in [0.25, 0.3) is 127 Å². The summed E-state index contributed by atoms with van der Waals surface area (Å²) in [5, 5.41) is 13.6. The summed E-state index contributed by atoms with van der Waals surface area (Å²) in [4.78, 5) is 15.7. The van der Waals surface area contributed by atoms with Crippen molar-refractivity contribution in [2.45, 2.75) is 0 Å². The van der Waals surface area contributed by atoms with E-state index in [1.165, 1.54) is 32.3 Å². The molecule has 60 heavy (non-hydrogen) atoms. The first-order chi connectivity index (χ1) is 29.7. The summed E-state index contributed by atoms with van der Waals surface area (Å²) >= 11 is 0. The number of benzene rings is 10. The van der Waals surface area contributed by atoms with Crippen LogP contribution in [0.5, 0.6) is 0 Å². The predicted molar refractivity (Wildman–Crippen MR) is 248 cm³/mol. The molecule has 0 aliphatic carbocycles. The lowest BCUT2D eigenvalue weighted by Crippen LogP contribution is -2.01. The zero-order chi connectivity index (χ0) is 39.3. The van der Waals surface area contributed by atoms with Crippen molar-refractivity contribution in [1.82, 2.24) is 19.5 Å². The van der Waals surface area contributed by atoms with E-state index in [4.69, 9.17) is 19.4 Å². The van der Waals surface area contributed by atoms with Gasteiger partial charge in [-0.05, 0) is 86.2 Å². The van der Waals surface area contributed by atoms with E-state index in [2.05, 4.69) is 180 Å². The molecule has 0 radical (unpaired) electrons. The van der Waals surface area contributed by atoms with Crippen molar-refractivity contribution < 1.29 is 4.42 Å². The minimum absolute atomic E-state index is 0.588. The molecule has 0 unspecified atom stereocenters. The van der Waals surface area contributed by atoms with Gasteiger partial charge in [0.15, 0.2) is 17.5 Å². The Hall–Kier alpha value is -8.15. The SMILES string of the molecule is c1ccc(-c2nc(-c3cccc4ccccc34)nc(-c3cc4ccccc4c4oc5ccc(-n6c7cc8ccccc8cc7c7cc8ccccc8cc76)cc5c34)n2)cc1. The molecule has 0 aliphatic heterocycles. The Labute approximate surface area is 343 Å². The molecule has 5 heteroatoms. The normalized spacial score (nSPS) is 12.0. The molecule has 0 aliphatic rings. The lowest BCUT2D eigenvalue weighted by Gasteiger charge is -2.12. The first kappa shape index (κ1) is 32.9. The zero-order valence-electron chi connectivity index (χ0n) is 32.2. The van der Waals surface area contributed by atoms with Crippen LogP contribution in [0.3, 0.4) is 0 Å². The monoisotopic (exact) mass is 764 g/mol. The van der Waals surface area contributed by atoms with Crippen LogP contribution in [0.15, 0.2) is 199 Å². The molecule has 10 aromatic carbocycles. The van der Waals surface area contributed by atoms with E-state index in [-0.39, 0.29) is 0 Å². The summed E-state index contributed by atoms with van der Waals surface area (Å²) < 4.78 is 9.31. The predicted octanol–water partition coefficient (Wildman–Crippen LogP) is 14.5. The Bertz CT molecular complexity index is 3800. The number of furan rings is 1. The highest BCUT2D eigenvalue weighted by Crippen LogP contribution is 2.43. The van der Waals surface area contributed by atoms with E-state index < -0.39 is 0 Å². The Balaban J connectivity index is 1.12. The standard InChI is InChI=1S/C55H32N4O/c1-2-14-34(15-3-1)53-56-54(43-24-12-21-33-13-8-10-22-41(33)43)58-55(57-53)47-29-39-20-9-11-23-42(39)52-51(47)46-32-40(25-26-50(46)60-52)59-48-30-37-18-6-4-16-35(37)27-44(48)45-28-36-17-5-7-19-38(36)31-49(45)59/h1-32H. The second kappa shape index (κ2) is 12.7. The molecule has 0 bridgehead atoms. The number of fused-ring (bicyclic) bond motifs is 11. The molecule has 13 rings (SSSR count). The molecule has 0 saturated carbocycles. The molecule has 0 N–H and O–H groups in total. The molecule has 0 fully saturated rings. The topological polar surface area (TPSA) is 56.7 Å². The van der Waals surface area contributed by atoms with Crippen LogP contribution in [0.4, 0.5) is 0 Å². The van der Waals surface area contributed by atoms with Crippen LogP contribution in [-0.2, 0) is 0 Å². The molecule has 3 heterocycles. The third-order valence-electron chi connectivity index (χ3n) is 12.1. The Morgan fingerprint density at radius 2 is 0.900 bits per heavy atom. The lowest BCUT2D eigenvalue weighted by atomic mass is 9.99. The van der Waals surface area contributed by atoms with Crippen molar-refractivity contribution in [3.05, 3.63) is 194 Å². The second-order valence-electron chi connectivity index (χ2n) is 15.6. The van der Waals surface area contributed by atoms with Crippen LogP contribution < -0.4 is 0 Å². The van der Waals surface area contributed by atoms with E-state index in [0.717, 1.165) is 76.9 Å². The van der Waals surface area contributed by atoms with Gasteiger partial charge < -0.3 is 8.98 Å². The summed E-state index contributed by atoms with van der Waals surface area (Å²) in [5.74, 6) is 1.82. The Morgan fingerprint density at radius 3 is 1.60 bits per heavy atom. The smallest absolute Gasteiger partial charge is 0.164 e. The molecule has 0 spiro atoms. The minimum Gasteiger partial charge on any atom is -0.455 e. The van der Waals surface area contributed by atoms with Gasteiger partial charge in [-0.3, -0.25) is 0 Å². The largest absolute Gasteiger partial charge is 0.455 e. The highest BCUT2D eigenvalue weighted by Gasteiger charge is 2.22. The molecular weight excluding hydrogens is 733 g/mol. The first-order valence-corrected chi connectivity index (χ1v) is 20.3. The van der Waals surface area contributed by atoms with Crippen LogP contribution >= 0.6 is 0 Å². The molecule has 0 saturated heterocycles. The van der Waals surface area contributed by atoms with Crippen LogP contribution in [0, 0.1) is 0 Å². The van der Waals surface area contributed by atoms with Crippen LogP contribution in [0.2, 0.25) is 0 Å². The third-order valence-corrected chi connectivity index (χ3v) is 12.1. The van der Waals surface area contributed by atoms with Gasteiger partial charge in [-0.1, -0.05) is 146 Å². The maximum atomic E-state index is 6.90. The fourth-order valence-corrected chi connectivity index (χ4v) is 9.33. The fraction of sp³-hybridized carbons (Fsp3) is 0. The van der Waals surface area contributed by atoms with Gasteiger partial charge in [0.1, 0.15) is 11.2 Å². The quantitative estimate of drug-likeness (QED) is 0.179. The summed E-state index contributed by atoms with van der Waals surface area (Å²) in [5.41, 5.74) is 7.73. The second-order valence-corrected chi connectivity index (χ2v) is 15.6. The molecule has 0 amide bonds. The molecular formula is C55H32N4O. The van der Waals surface area contributed by atoms with Gasteiger partial charge in [-0.15, -0.1) is 0 Å². The molecule has 3 aromatic heterocycles. The number of hydrogen-bond acceptors (Lipinski definition) is 4. The van der Waals surface area contributed by atoms with Crippen molar-refractivity contribution in [3.8, 4) is 39.9 Å². The van der Waals surface area contributed by atoms with E-state index >= 15 is 0 Å². The van der Waals surface area contributed by atoms with E-state index in [1.807, 2.05) is 18.2 Å². The van der Waals surface area contributed by atoms with Gasteiger partial charge in [0.05, 0.1) is 11.0 Å². The minimum atomic E-state index is 0.588. The molecule has 0 atom stereocenters. The van der Waals surface area contributed by atoms with Crippen molar-refractivity contribution in [2.24, 2.45) is 0 Å². The summed E-state index contributed by atoms with van der Waals surface area (Å²) in [7, 11) is 0. The Morgan fingerprint density at radius 1 is 0.350 bits per heavy atom. The fourth-order valence-electron chi connectivity index (χ4n) is 9.33. The highest BCUT2D eigenvalue weighted by molar-refractivity contribution is 6.22. The van der Waals surface area contributed by atoms with Gasteiger partial charge in [0, 0.05) is 49.3 Å². The average Bonchev–Trinajstić information content (AvgIpc) is 3.84. The molecule has 5 nitrogen and oxygen atoms in total. The maximum Gasteiger partial charge on any atom is 0.164 e. The zero-order valence-corrected chi connectivity index (χ0v) is 32.2. The molecule has 13 aromatic rings. The van der Waals surface area contributed by atoms with Gasteiger partial charge in [0.25, 0.3) is 0 Å². The van der Waals surface area contributed by atoms with Gasteiger partial charge >= 0.3 is 0 Å². The van der Waals surface area contributed by atoms with E-state index in [9.17, 15) is 0 Å². The summed E-state index contributed by atoms with van der Waals surface area (Å²) in [6, 6.07) is 68.7. The van der Waals surface area contributed by atoms with E-state index in [1.54, 1.807) is 0 Å². The van der Waals surface area contributed by atoms with Gasteiger partial charge in [0.2, 0.25) is 0 Å². The molecule has 278 valence electrons. The van der Waals surface area contributed by atoms with Crippen LogP contribution in [0.1, 0.15) is 0 Å². The first-order valence-electron chi connectivity index (χ1n) is 20.3. The van der Waals surface area contributed by atoms with Crippen molar-refractivity contribution in [2.75, 3.05) is 0 Å². The average molecular weight is 765 g/mol. The third kappa shape index (κ3) is 4.96. The number of rotatable bonds is 4. The van der Waals surface area contributed by atoms with Gasteiger partial charge in [-0.2, -0.15) is 0 Å². The number of nitrogens with zero attached hydrogens (tertiary/aromatic N) is 4. The van der Waals surface area contributed by atoms with Crippen molar-refractivity contribution >= 4 is 86.8 Å². The van der Waals surface area contributed by atoms with Crippen molar-refractivity contribution in [1.29, 1.82) is 0 Å². The summed E-state index contributed by atoms with van der Waals surface area (Å²) in [6.07, 6.45) is 0. The maximum absolute atomic E-state index is 6.90. The number of hydrogen-bond donors (Lipinski definition) is 0. The van der Waals surface area contributed by atoms with Crippen LogP contribution in [-0.4, -0.2) is 19.5 Å². The summed E-state index contributed by atoms with van der Waals surface area (Å²) in [6.45, 7) is 0. The Kier molecular flexibility index (Phi) is 6.95. The number of aromatic nitrogens is 4. The van der Waals surface area contributed by atoms with Gasteiger partial charge in [-0.25, -0.2) is 15.0 Å². The highest BCUT2D eigenvalue weighted by atomic mass is 16.3. The van der Waals surface area contributed by atoms with Crippen molar-refractivity contribution in [3.63, 3.8) is 0 Å². The van der Waals surface area contributed by atoms with E-state index in [0.29, 0.717) is 17.5 Å². The lowest BCUT2D eigenvalue weighted by molar-refractivity contribution is 0.672.